The lowest BCUT2D eigenvalue weighted by Crippen LogP contribution is -2.42. The van der Waals surface area contributed by atoms with Crippen LogP contribution in [0.25, 0.3) is 0 Å². The first-order chi connectivity index (χ1) is 8.06. The lowest BCUT2D eigenvalue weighted by Gasteiger charge is -2.29. The highest BCUT2D eigenvalue weighted by Gasteiger charge is 2.28. The number of nitrogens with two attached hydrogens (primary N) is 1. The molecule has 1 fully saturated rings. The molecule has 17 heavy (non-hydrogen) atoms. The van der Waals surface area contributed by atoms with Crippen molar-refractivity contribution in [1.82, 2.24) is 4.90 Å². The van der Waals surface area contributed by atoms with E-state index in [0.29, 0.717) is 13.0 Å². The first-order valence-corrected chi connectivity index (χ1v) is 6.33. The van der Waals surface area contributed by atoms with Gasteiger partial charge in [-0.15, -0.1) is 0 Å². The fraction of sp³-hybridized carbons (Fsp3) is 0.833. The number of rotatable bonds is 5. The van der Waals surface area contributed by atoms with Gasteiger partial charge in [-0.25, -0.2) is 0 Å². The van der Waals surface area contributed by atoms with Crippen molar-refractivity contribution in [3.8, 4) is 0 Å². The van der Waals surface area contributed by atoms with Gasteiger partial charge in [0, 0.05) is 24.9 Å². The molecule has 0 aromatic carbocycles. The van der Waals surface area contributed by atoms with Gasteiger partial charge in [0.1, 0.15) is 5.84 Å². The van der Waals surface area contributed by atoms with Crippen LogP contribution in [0.15, 0.2) is 5.16 Å². The maximum Gasteiger partial charge on any atom is 0.225 e. The summed E-state index contributed by atoms with van der Waals surface area (Å²) in [5.41, 5.74) is 5.44. The Balaban J connectivity index is 2.55. The molecule has 3 N–H and O–H groups in total. The van der Waals surface area contributed by atoms with E-state index >= 15 is 0 Å². The van der Waals surface area contributed by atoms with Gasteiger partial charge in [-0.1, -0.05) is 18.0 Å². The molecule has 0 atom stereocenters. The van der Waals surface area contributed by atoms with Gasteiger partial charge in [-0.3, -0.25) is 4.79 Å². The maximum atomic E-state index is 12.3. The number of amides is 1. The van der Waals surface area contributed by atoms with Gasteiger partial charge >= 0.3 is 0 Å². The van der Waals surface area contributed by atoms with E-state index in [-0.39, 0.29) is 23.7 Å². The molecule has 0 radical (unpaired) electrons. The van der Waals surface area contributed by atoms with Gasteiger partial charge in [0.15, 0.2) is 0 Å². The van der Waals surface area contributed by atoms with E-state index in [2.05, 4.69) is 5.16 Å². The van der Waals surface area contributed by atoms with Crippen molar-refractivity contribution in [3.05, 3.63) is 0 Å². The maximum absolute atomic E-state index is 12.3. The lowest BCUT2D eigenvalue weighted by atomic mass is 10.1. The summed E-state index contributed by atoms with van der Waals surface area (Å²) in [6.45, 7) is 4.53. The van der Waals surface area contributed by atoms with Crippen molar-refractivity contribution in [2.24, 2.45) is 16.8 Å². The molecule has 0 spiro atoms. The van der Waals surface area contributed by atoms with Crippen LogP contribution in [0.4, 0.5) is 0 Å². The summed E-state index contributed by atoms with van der Waals surface area (Å²) in [6, 6.07) is 0.162. The van der Waals surface area contributed by atoms with E-state index in [1.165, 1.54) is 0 Å². The minimum atomic E-state index is 0.162. The number of nitrogens with zero attached hydrogens (tertiary/aromatic N) is 2. The van der Waals surface area contributed by atoms with E-state index in [1.807, 2.05) is 18.7 Å². The summed E-state index contributed by atoms with van der Waals surface area (Å²) in [7, 11) is 0. The van der Waals surface area contributed by atoms with Crippen molar-refractivity contribution >= 4 is 11.7 Å². The van der Waals surface area contributed by atoms with E-state index in [0.717, 1.165) is 25.7 Å². The Bertz CT molecular complexity index is 283. The Hall–Kier alpha value is -1.26. The largest absolute Gasteiger partial charge is 0.409 e. The summed E-state index contributed by atoms with van der Waals surface area (Å²) in [6.07, 6.45) is 4.75. The number of hydrogen-bond acceptors (Lipinski definition) is 3. The van der Waals surface area contributed by atoms with E-state index in [4.69, 9.17) is 10.9 Å². The van der Waals surface area contributed by atoms with E-state index in [1.54, 1.807) is 0 Å². The van der Waals surface area contributed by atoms with Crippen molar-refractivity contribution in [2.45, 2.75) is 52.0 Å². The second-order valence-corrected chi connectivity index (χ2v) is 4.95. The molecule has 0 bridgehead atoms. The zero-order chi connectivity index (χ0) is 12.8. The van der Waals surface area contributed by atoms with Gasteiger partial charge in [-0.05, 0) is 26.7 Å². The Morgan fingerprint density at radius 3 is 2.53 bits per heavy atom. The molecule has 1 aliphatic rings. The molecule has 0 aromatic rings. The second-order valence-electron chi connectivity index (χ2n) is 4.95. The highest BCUT2D eigenvalue weighted by atomic mass is 16.4. The highest BCUT2D eigenvalue weighted by molar-refractivity contribution is 5.82. The van der Waals surface area contributed by atoms with Crippen LogP contribution in [0.2, 0.25) is 0 Å². The zero-order valence-corrected chi connectivity index (χ0v) is 10.7. The van der Waals surface area contributed by atoms with Crippen molar-refractivity contribution in [3.63, 3.8) is 0 Å². The molecule has 1 amide bonds. The highest BCUT2D eigenvalue weighted by Crippen LogP contribution is 2.27. The first-order valence-electron chi connectivity index (χ1n) is 6.33. The van der Waals surface area contributed by atoms with Crippen molar-refractivity contribution in [1.29, 1.82) is 0 Å². The quantitative estimate of drug-likeness (QED) is 0.332. The molecule has 0 saturated heterocycles. The molecule has 1 saturated carbocycles. The third-order valence-electron chi connectivity index (χ3n) is 3.35. The number of hydrogen-bond donors (Lipinski definition) is 2. The summed E-state index contributed by atoms with van der Waals surface area (Å²) in [5.74, 6) is 0.586. The van der Waals surface area contributed by atoms with Gasteiger partial charge in [0.2, 0.25) is 5.91 Å². The van der Waals surface area contributed by atoms with Crippen molar-refractivity contribution < 1.29 is 10.0 Å². The normalized spacial score (nSPS) is 17.7. The second kappa shape index (κ2) is 6.47. The minimum absolute atomic E-state index is 0.162. The van der Waals surface area contributed by atoms with Gasteiger partial charge in [0.05, 0.1) is 0 Å². The summed E-state index contributed by atoms with van der Waals surface area (Å²) in [4.78, 5) is 14.1. The van der Waals surface area contributed by atoms with Crippen molar-refractivity contribution in [2.75, 3.05) is 6.54 Å². The average molecular weight is 241 g/mol. The fourth-order valence-electron chi connectivity index (χ4n) is 2.32. The molecule has 5 heteroatoms. The molecule has 0 unspecified atom stereocenters. The standard InChI is InChI=1S/C12H23N3O2/c1-9(2)15(8-7-11(13)14-17)12(16)10-5-3-4-6-10/h9-10,17H,3-8H2,1-2H3,(H2,13,14). The van der Waals surface area contributed by atoms with Gasteiger partial charge < -0.3 is 15.8 Å². The summed E-state index contributed by atoms with van der Waals surface area (Å²) < 4.78 is 0. The molecular weight excluding hydrogens is 218 g/mol. The summed E-state index contributed by atoms with van der Waals surface area (Å²) >= 11 is 0. The van der Waals surface area contributed by atoms with E-state index < -0.39 is 0 Å². The fourth-order valence-corrected chi connectivity index (χ4v) is 2.32. The molecule has 0 heterocycles. The topological polar surface area (TPSA) is 78.9 Å². The predicted molar refractivity (Wildman–Crippen MR) is 66.8 cm³/mol. The predicted octanol–water partition coefficient (Wildman–Crippen LogP) is 1.55. The van der Waals surface area contributed by atoms with Crippen LogP contribution in [0.1, 0.15) is 46.0 Å². The van der Waals surface area contributed by atoms with Crippen LogP contribution in [-0.2, 0) is 4.79 Å². The van der Waals surface area contributed by atoms with Gasteiger partial charge in [-0.2, -0.15) is 0 Å². The molecule has 1 aliphatic carbocycles. The number of carbonyl (C=O) groups excluding carboxylic acids is 1. The molecular formula is C12H23N3O2. The molecule has 1 rings (SSSR count). The van der Waals surface area contributed by atoms with Crippen LogP contribution in [0.5, 0.6) is 0 Å². The lowest BCUT2D eigenvalue weighted by molar-refractivity contribution is -0.136. The number of oxime groups is 1. The van der Waals surface area contributed by atoms with Gasteiger partial charge in [0.25, 0.3) is 0 Å². The zero-order valence-electron chi connectivity index (χ0n) is 10.7. The van der Waals surface area contributed by atoms with Crippen LogP contribution < -0.4 is 5.73 Å². The number of amidine groups is 1. The third-order valence-corrected chi connectivity index (χ3v) is 3.35. The summed E-state index contributed by atoms with van der Waals surface area (Å²) in [5, 5.41) is 11.4. The third kappa shape index (κ3) is 3.91. The Kier molecular flexibility index (Phi) is 5.25. The number of carbonyl (C=O) groups is 1. The average Bonchev–Trinajstić information content (AvgIpc) is 2.81. The van der Waals surface area contributed by atoms with Crippen LogP contribution >= 0.6 is 0 Å². The van der Waals surface area contributed by atoms with Crippen LogP contribution in [0, 0.1) is 5.92 Å². The Labute approximate surface area is 103 Å². The van der Waals surface area contributed by atoms with Crippen LogP contribution in [-0.4, -0.2) is 34.4 Å². The monoisotopic (exact) mass is 241 g/mol. The Morgan fingerprint density at radius 1 is 1.47 bits per heavy atom. The minimum Gasteiger partial charge on any atom is -0.409 e. The molecule has 0 aromatic heterocycles. The SMILES string of the molecule is CC(C)N(CC/C(N)=N/O)C(=O)C1CCCC1. The van der Waals surface area contributed by atoms with Crippen LogP contribution in [0.3, 0.4) is 0 Å². The Morgan fingerprint density at radius 2 is 2.06 bits per heavy atom. The molecule has 5 nitrogen and oxygen atoms in total. The molecule has 98 valence electrons. The first kappa shape index (κ1) is 13.8. The smallest absolute Gasteiger partial charge is 0.225 e. The molecule has 0 aliphatic heterocycles. The van der Waals surface area contributed by atoms with E-state index in [9.17, 15) is 4.79 Å².